The summed E-state index contributed by atoms with van der Waals surface area (Å²) in [5.74, 6) is 0.199. The minimum atomic E-state index is -0.146. The van der Waals surface area contributed by atoms with Gasteiger partial charge in [0, 0.05) is 18.0 Å². The summed E-state index contributed by atoms with van der Waals surface area (Å²) in [5.41, 5.74) is 3.16. The van der Waals surface area contributed by atoms with Crippen molar-refractivity contribution in [1.82, 2.24) is 10.2 Å². The average Bonchev–Trinajstić information content (AvgIpc) is 2.73. The number of nitrogens with zero attached hydrogens (tertiary/aromatic N) is 2. The van der Waals surface area contributed by atoms with Gasteiger partial charge >= 0.3 is 0 Å². The van der Waals surface area contributed by atoms with Crippen molar-refractivity contribution >= 4 is 29.3 Å². The Bertz CT molecular complexity index is 836. The first kappa shape index (κ1) is 20.4. The predicted octanol–water partition coefficient (Wildman–Crippen LogP) is 3.28. The van der Waals surface area contributed by atoms with Gasteiger partial charge in [-0.1, -0.05) is 50.2 Å². The smallest absolute Gasteiger partial charge is 0.240 e. The summed E-state index contributed by atoms with van der Waals surface area (Å²) >= 11 is 1.52. The van der Waals surface area contributed by atoms with E-state index in [-0.39, 0.29) is 18.4 Å². The molecule has 0 atom stereocenters. The van der Waals surface area contributed by atoms with Crippen LogP contribution in [0, 0.1) is 0 Å². The number of carbonyl (C=O) groups is 2. The first-order valence-electron chi connectivity index (χ1n) is 9.70. The van der Waals surface area contributed by atoms with Crippen molar-refractivity contribution < 1.29 is 9.59 Å². The monoisotopic (exact) mass is 397 g/mol. The lowest BCUT2D eigenvalue weighted by molar-refractivity contribution is -0.123. The van der Waals surface area contributed by atoms with E-state index >= 15 is 0 Å². The van der Waals surface area contributed by atoms with Crippen LogP contribution in [0.1, 0.15) is 25.0 Å². The van der Waals surface area contributed by atoms with Crippen LogP contribution in [0.2, 0.25) is 0 Å². The summed E-state index contributed by atoms with van der Waals surface area (Å²) in [4.78, 5) is 29.9. The van der Waals surface area contributed by atoms with Crippen molar-refractivity contribution in [3.63, 3.8) is 0 Å². The van der Waals surface area contributed by atoms with E-state index in [1.807, 2.05) is 36.4 Å². The second-order valence-electron chi connectivity index (χ2n) is 6.74. The summed E-state index contributed by atoms with van der Waals surface area (Å²) in [6.45, 7) is 7.67. The number of para-hydroxylation sites is 1. The fourth-order valence-corrected chi connectivity index (χ4v) is 4.23. The number of carbonyl (C=O) groups excluding carboxylic acids is 2. The van der Waals surface area contributed by atoms with Crippen LogP contribution < -0.4 is 10.2 Å². The van der Waals surface area contributed by atoms with E-state index in [9.17, 15) is 9.59 Å². The Morgan fingerprint density at radius 3 is 2.50 bits per heavy atom. The number of hydrogen-bond donors (Lipinski definition) is 1. The van der Waals surface area contributed by atoms with Crippen LogP contribution in [-0.4, -0.2) is 42.1 Å². The molecule has 0 aliphatic carbocycles. The van der Waals surface area contributed by atoms with Crippen molar-refractivity contribution in [2.45, 2.75) is 31.8 Å². The maximum absolute atomic E-state index is 12.6. The molecule has 0 aromatic heterocycles. The van der Waals surface area contributed by atoms with Crippen molar-refractivity contribution in [3.8, 4) is 0 Å². The largest absolute Gasteiger partial charge is 0.350 e. The minimum Gasteiger partial charge on any atom is -0.350 e. The van der Waals surface area contributed by atoms with Gasteiger partial charge in [-0.3, -0.25) is 14.5 Å². The third-order valence-electron chi connectivity index (χ3n) is 4.99. The highest BCUT2D eigenvalue weighted by Crippen LogP contribution is 2.34. The van der Waals surface area contributed by atoms with E-state index < -0.39 is 0 Å². The highest BCUT2D eigenvalue weighted by atomic mass is 32.2. The number of anilines is 1. The Morgan fingerprint density at radius 1 is 1.07 bits per heavy atom. The van der Waals surface area contributed by atoms with Crippen LogP contribution in [0.4, 0.5) is 5.69 Å². The van der Waals surface area contributed by atoms with Gasteiger partial charge in [-0.15, -0.1) is 11.8 Å². The molecule has 0 spiro atoms. The summed E-state index contributed by atoms with van der Waals surface area (Å²) < 4.78 is 0. The van der Waals surface area contributed by atoms with Gasteiger partial charge in [-0.05, 0) is 36.3 Å². The highest BCUT2D eigenvalue weighted by Gasteiger charge is 2.26. The lowest BCUT2D eigenvalue weighted by Crippen LogP contribution is -2.43. The van der Waals surface area contributed by atoms with E-state index in [0.29, 0.717) is 12.3 Å². The molecule has 3 rings (SSSR count). The van der Waals surface area contributed by atoms with Crippen LogP contribution >= 0.6 is 11.8 Å². The van der Waals surface area contributed by atoms with Crippen molar-refractivity contribution in [2.24, 2.45) is 0 Å². The summed E-state index contributed by atoms with van der Waals surface area (Å²) in [6.07, 6.45) is 0. The molecule has 2 aromatic rings. The molecule has 6 heteroatoms. The van der Waals surface area contributed by atoms with E-state index in [4.69, 9.17) is 0 Å². The summed E-state index contributed by atoms with van der Waals surface area (Å²) in [5, 5.41) is 2.99. The van der Waals surface area contributed by atoms with Gasteiger partial charge in [0.05, 0.1) is 11.4 Å². The average molecular weight is 398 g/mol. The van der Waals surface area contributed by atoms with Crippen molar-refractivity contribution in [2.75, 3.05) is 30.3 Å². The number of hydrogen-bond acceptors (Lipinski definition) is 4. The molecule has 1 aliphatic heterocycles. The molecule has 2 aromatic carbocycles. The molecular weight excluding hydrogens is 370 g/mol. The maximum Gasteiger partial charge on any atom is 0.240 e. The molecule has 0 fully saturated rings. The third-order valence-corrected chi connectivity index (χ3v) is 6.04. The Balaban J connectivity index is 1.63. The van der Waals surface area contributed by atoms with Gasteiger partial charge in [0.15, 0.2) is 0 Å². The van der Waals surface area contributed by atoms with E-state index in [2.05, 4.69) is 36.2 Å². The zero-order chi connectivity index (χ0) is 19.9. The number of benzene rings is 2. The predicted molar refractivity (Wildman–Crippen MR) is 114 cm³/mol. The number of amides is 2. The SMILES string of the molecule is CCN(CC)Cc1ccccc1CNC(=O)CN1C(=O)CSc2ccccc21. The first-order chi connectivity index (χ1) is 13.6. The number of nitrogens with one attached hydrogen (secondary N) is 1. The number of fused-ring (bicyclic) bond motifs is 1. The summed E-state index contributed by atoms with van der Waals surface area (Å²) in [6, 6.07) is 15.9. The molecule has 0 saturated heterocycles. The summed E-state index contributed by atoms with van der Waals surface area (Å²) in [7, 11) is 0. The van der Waals surface area contributed by atoms with Gasteiger partial charge in [0.1, 0.15) is 6.54 Å². The minimum absolute atomic E-state index is 0.0271. The lowest BCUT2D eigenvalue weighted by Gasteiger charge is -2.28. The standard InChI is InChI=1S/C22H27N3O2S/c1-3-24(4-2)14-18-10-6-5-9-17(18)13-23-21(26)15-25-19-11-7-8-12-20(19)28-16-22(25)27/h5-12H,3-4,13-16H2,1-2H3,(H,23,26). The number of thioether (sulfide) groups is 1. The quantitative estimate of drug-likeness (QED) is 0.743. The third kappa shape index (κ3) is 4.94. The Morgan fingerprint density at radius 2 is 1.75 bits per heavy atom. The van der Waals surface area contributed by atoms with Gasteiger partial charge in [0.25, 0.3) is 0 Å². The van der Waals surface area contributed by atoms with Gasteiger partial charge in [-0.25, -0.2) is 0 Å². The molecule has 148 valence electrons. The molecular formula is C22H27N3O2S. The fraction of sp³-hybridized carbons (Fsp3) is 0.364. The van der Waals surface area contributed by atoms with E-state index in [1.54, 1.807) is 4.90 Å². The Labute approximate surface area is 171 Å². The first-order valence-corrected chi connectivity index (χ1v) is 10.7. The van der Waals surface area contributed by atoms with Crippen LogP contribution in [0.5, 0.6) is 0 Å². The second kappa shape index (κ2) is 9.75. The maximum atomic E-state index is 12.6. The van der Waals surface area contributed by atoms with Crippen LogP contribution in [0.25, 0.3) is 0 Å². The van der Waals surface area contributed by atoms with E-state index in [0.717, 1.165) is 35.8 Å². The van der Waals surface area contributed by atoms with Crippen LogP contribution in [0.3, 0.4) is 0 Å². The number of rotatable bonds is 8. The molecule has 0 saturated carbocycles. The zero-order valence-corrected chi connectivity index (χ0v) is 17.3. The molecule has 0 unspecified atom stereocenters. The van der Waals surface area contributed by atoms with Gasteiger partial charge in [-0.2, -0.15) is 0 Å². The Hall–Kier alpha value is -2.31. The van der Waals surface area contributed by atoms with Crippen molar-refractivity contribution in [1.29, 1.82) is 0 Å². The topological polar surface area (TPSA) is 52.7 Å². The van der Waals surface area contributed by atoms with Crippen LogP contribution in [0.15, 0.2) is 53.4 Å². The molecule has 1 heterocycles. The lowest BCUT2D eigenvalue weighted by atomic mass is 10.1. The normalized spacial score (nSPS) is 13.5. The molecule has 5 nitrogen and oxygen atoms in total. The fourth-order valence-electron chi connectivity index (χ4n) is 3.29. The molecule has 28 heavy (non-hydrogen) atoms. The Kier molecular flexibility index (Phi) is 7.12. The molecule has 1 aliphatic rings. The molecule has 2 amide bonds. The van der Waals surface area contributed by atoms with E-state index in [1.165, 1.54) is 17.3 Å². The van der Waals surface area contributed by atoms with Crippen LogP contribution in [-0.2, 0) is 22.7 Å². The van der Waals surface area contributed by atoms with Crippen molar-refractivity contribution in [3.05, 3.63) is 59.7 Å². The molecule has 0 radical (unpaired) electrons. The molecule has 1 N–H and O–H groups in total. The van der Waals surface area contributed by atoms with Gasteiger partial charge in [0.2, 0.25) is 11.8 Å². The zero-order valence-electron chi connectivity index (χ0n) is 16.5. The van der Waals surface area contributed by atoms with Gasteiger partial charge < -0.3 is 10.2 Å². The molecule has 0 bridgehead atoms. The second-order valence-corrected chi connectivity index (χ2v) is 7.76. The highest BCUT2D eigenvalue weighted by molar-refractivity contribution is 8.00.